The number of carbonyl (C=O) groups excluding carboxylic acids is 2. The van der Waals surface area contributed by atoms with Crippen LogP contribution in [0.25, 0.3) is 11.1 Å². The molecular weight excluding hydrogens is 468 g/mol. The third-order valence-corrected chi connectivity index (χ3v) is 6.23. The highest BCUT2D eigenvalue weighted by atomic mass is 16.2. The molecule has 1 heterocycles. The van der Waals surface area contributed by atoms with Gasteiger partial charge in [0, 0.05) is 37.8 Å². The number of amides is 2. The van der Waals surface area contributed by atoms with Crippen molar-refractivity contribution in [2.24, 2.45) is 14.1 Å². The molecular formula is C29H28N4O4. The molecule has 188 valence electrons. The molecule has 0 saturated carbocycles. The van der Waals surface area contributed by atoms with Gasteiger partial charge in [0.05, 0.1) is 6.54 Å². The summed E-state index contributed by atoms with van der Waals surface area (Å²) in [5, 5.41) is 5.60. The molecule has 0 aliphatic heterocycles. The molecule has 4 aromatic rings. The molecule has 0 fully saturated rings. The molecule has 1 unspecified atom stereocenters. The normalized spacial score (nSPS) is 11.5. The smallest absolute Gasteiger partial charge is 0.330 e. The summed E-state index contributed by atoms with van der Waals surface area (Å²) in [6.07, 6.45) is 0.274. The number of aromatic nitrogens is 2. The lowest BCUT2D eigenvalue weighted by Gasteiger charge is -2.19. The van der Waals surface area contributed by atoms with Crippen molar-refractivity contribution in [3.8, 4) is 11.1 Å². The van der Waals surface area contributed by atoms with Crippen LogP contribution >= 0.6 is 0 Å². The predicted octanol–water partition coefficient (Wildman–Crippen LogP) is 2.41. The van der Waals surface area contributed by atoms with Crippen LogP contribution in [0.15, 0.2) is 101 Å². The van der Waals surface area contributed by atoms with Crippen molar-refractivity contribution >= 4 is 11.8 Å². The van der Waals surface area contributed by atoms with Crippen molar-refractivity contribution in [2.75, 3.05) is 0 Å². The first kappa shape index (κ1) is 25.4. The maximum Gasteiger partial charge on any atom is 0.330 e. The van der Waals surface area contributed by atoms with E-state index in [1.165, 1.54) is 24.7 Å². The van der Waals surface area contributed by atoms with Gasteiger partial charge in [-0.1, -0.05) is 72.8 Å². The van der Waals surface area contributed by atoms with Crippen LogP contribution in [0.5, 0.6) is 0 Å². The van der Waals surface area contributed by atoms with Crippen LogP contribution in [0.2, 0.25) is 0 Å². The van der Waals surface area contributed by atoms with Crippen molar-refractivity contribution in [1.82, 2.24) is 19.8 Å². The second-order valence-corrected chi connectivity index (χ2v) is 8.75. The molecule has 0 saturated heterocycles. The molecule has 2 N–H and O–H groups in total. The fraction of sp³-hybridized carbons (Fsp3) is 0.172. The molecule has 2 amide bonds. The zero-order chi connectivity index (χ0) is 26.4. The Labute approximate surface area is 214 Å². The van der Waals surface area contributed by atoms with E-state index >= 15 is 0 Å². The molecule has 37 heavy (non-hydrogen) atoms. The minimum atomic E-state index is -0.868. The second kappa shape index (κ2) is 11.3. The average Bonchev–Trinajstić information content (AvgIpc) is 2.93. The van der Waals surface area contributed by atoms with Gasteiger partial charge >= 0.3 is 5.69 Å². The van der Waals surface area contributed by atoms with E-state index in [9.17, 15) is 19.2 Å². The standard InChI is InChI=1S/C29H28N4O4/c1-32-24(18-26(34)33(2)29(32)37)19-30-28(36)25(17-20-9-5-3-6-10-20)31-27(35)23-15-13-22(14-16-23)21-11-7-4-8-12-21/h3-16,18,25H,17,19H2,1-2H3,(H,30,36)(H,31,35). The molecule has 1 aromatic heterocycles. The topological polar surface area (TPSA) is 102 Å². The fourth-order valence-electron chi connectivity index (χ4n) is 3.99. The SMILES string of the molecule is Cn1c(CNC(=O)C(Cc2ccccc2)NC(=O)c2ccc(-c3ccccc3)cc2)cc(=O)n(C)c1=O. The van der Waals surface area contributed by atoms with E-state index in [0.717, 1.165) is 21.3 Å². The van der Waals surface area contributed by atoms with E-state index in [-0.39, 0.29) is 18.9 Å². The van der Waals surface area contributed by atoms with E-state index in [1.54, 1.807) is 12.1 Å². The van der Waals surface area contributed by atoms with E-state index in [0.29, 0.717) is 11.3 Å². The molecule has 4 rings (SSSR count). The zero-order valence-electron chi connectivity index (χ0n) is 20.7. The first-order valence-corrected chi connectivity index (χ1v) is 11.9. The summed E-state index contributed by atoms with van der Waals surface area (Å²) in [6.45, 7) is -0.0341. The van der Waals surface area contributed by atoms with Crippen LogP contribution in [-0.4, -0.2) is 27.0 Å². The lowest BCUT2D eigenvalue weighted by molar-refractivity contribution is -0.123. The monoisotopic (exact) mass is 496 g/mol. The number of hydrogen-bond acceptors (Lipinski definition) is 4. The van der Waals surface area contributed by atoms with Gasteiger partial charge in [-0.25, -0.2) is 4.79 Å². The minimum absolute atomic E-state index is 0.0341. The summed E-state index contributed by atoms with van der Waals surface area (Å²) in [4.78, 5) is 50.5. The van der Waals surface area contributed by atoms with Gasteiger partial charge < -0.3 is 10.6 Å². The summed E-state index contributed by atoms with van der Waals surface area (Å²) < 4.78 is 2.30. The fourth-order valence-corrected chi connectivity index (χ4v) is 3.99. The Morgan fingerprint density at radius 1 is 0.784 bits per heavy atom. The van der Waals surface area contributed by atoms with Crippen molar-refractivity contribution in [1.29, 1.82) is 0 Å². The summed E-state index contributed by atoms with van der Waals surface area (Å²) in [5.74, 6) is -0.803. The Kier molecular flexibility index (Phi) is 7.78. The number of nitrogens with zero attached hydrogens (tertiary/aromatic N) is 2. The maximum absolute atomic E-state index is 13.2. The molecule has 1 atom stereocenters. The molecule has 8 nitrogen and oxygen atoms in total. The van der Waals surface area contributed by atoms with Gasteiger partial charge in [0.2, 0.25) is 5.91 Å². The van der Waals surface area contributed by atoms with Gasteiger partial charge in [-0.3, -0.25) is 23.5 Å². The lowest BCUT2D eigenvalue weighted by Crippen LogP contribution is -2.48. The van der Waals surface area contributed by atoms with Crippen molar-refractivity contribution in [3.05, 3.63) is 129 Å². The Morgan fingerprint density at radius 2 is 1.38 bits per heavy atom. The van der Waals surface area contributed by atoms with Crippen LogP contribution in [0, 0.1) is 0 Å². The molecule has 3 aromatic carbocycles. The summed E-state index contributed by atoms with van der Waals surface area (Å²) >= 11 is 0. The Balaban J connectivity index is 1.51. The van der Waals surface area contributed by atoms with Gasteiger partial charge in [0.1, 0.15) is 6.04 Å². The lowest BCUT2D eigenvalue weighted by atomic mass is 10.0. The van der Waals surface area contributed by atoms with Gasteiger partial charge in [-0.05, 0) is 28.8 Å². The number of nitrogens with one attached hydrogen (secondary N) is 2. The van der Waals surface area contributed by atoms with Crippen molar-refractivity contribution < 1.29 is 9.59 Å². The Bertz CT molecular complexity index is 1510. The van der Waals surface area contributed by atoms with Crippen molar-refractivity contribution in [2.45, 2.75) is 19.0 Å². The van der Waals surface area contributed by atoms with Crippen LogP contribution < -0.4 is 21.9 Å². The Morgan fingerprint density at radius 3 is 2.03 bits per heavy atom. The summed E-state index contributed by atoms with van der Waals surface area (Å²) in [6, 6.07) is 26.8. The predicted molar refractivity (Wildman–Crippen MR) is 142 cm³/mol. The minimum Gasteiger partial charge on any atom is -0.349 e. The van der Waals surface area contributed by atoms with E-state index in [4.69, 9.17) is 0 Å². The molecule has 0 aliphatic rings. The quantitative estimate of drug-likeness (QED) is 0.391. The first-order chi connectivity index (χ1) is 17.8. The summed E-state index contributed by atoms with van der Waals surface area (Å²) in [5.41, 5.74) is 2.76. The molecule has 0 radical (unpaired) electrons. The van der Waals surface area contributed by atoms with Gasteiger partial charge in [-0.15, -0.1) is 0 Å². The largest absolute Gasteiger partial charge is 0.349 e. The highest BCUT2D eigenvalue weighted by molar-refractivity contribution is 5.98. The third kappa shape index (κ3) is 6.10. The summed E-state index contributed by atoms with van der Waals surface area (Å²) in [7, 11) is 2.93. The van der Waals surface area contributed by atoms with Gasteiger partial charge in [0.15, 0.2) is 0 Å². The van der Waals surface area contributed by atoms with Gasteiger partial charge in [0.25, 0.3) is 11.5 Å². The number of rotatable bonds is 8. The molecule has 8 heteroatoms. The number of benzene rings is 3. The first-order valence-electron chi connectivity index (χ1n) is 11.9. The molecule has 0 aliphatic carbocycles. The van der Waals surface area contributed by atoms with Crippen LogP contribution in [-0.2, 0) is 31.9 Å². The van der Waals surface area contributed by atoms with Crippen LogP contribution in [0.4, 0.5) is 0 Å². The zero-order valence-corrected chi connectivity index (χ0v) is 20.7. The number of carbonyl (C=O) groups is 2. The molecule has 0 spiro atoms. The number of hydrogen-bond donors (Lipinski definition) is 2. The molecule has 0 bridgehead atoms. The van der Waals surface area contributed by atoms with Crippen molar-refractivity contribution in [3.63, 3.8) is 0 Å². The third-order valence-electron chi connectivity index (χ3n) is 6.23. The highest BCUT2D eigenvalue weighted by Gasteiger charge is 2.22. The average molecular weight is 497 g/mol. The van der Waals surface area contributed by atoms with Crippen LogP contribution in [0.1, 0.15) is 21.6 Å². The van der Waals surface area contributed by atoms with E-state index < -0.39 is 23.2 Å². The van der Waals surface area contributed by atoms with E-state index in [1.807, 2.05) is 72.8 Å². The highest BCUT2D eigenvalue weighted by Crippen LogP contribution is 2.19. The Hall–Kier alpha value is -4.72. The van der Waals surface area contributed by atoms with E-state index in [2.05, 4.69) is 10.6 Å². The van der Waals surface area contributed by atoms with Crippen LogP contribution in [0.3, 0.4) is 0 Å². The maximum atomic E-state index is 13.2. The second-order valence-electron chi connectivity index (χ2n) is 8.75. The van der Waals surface area contributed by atoms with Gasteiger partial charge in [-0.2, -0.15) is 0 Å².